The van der Waals surface area contributed by atoms with Crippen molar-refractivity contribution < 1.29 is 0 Å². The smallest absolute Gasteiger partial charge is 0.145 e. The highest BCUT2D eigenvalue weighted by molar-refractivity contribution is 9.10. The van der Waals surface area contributed by atoms with E-state index in [1.165, 1.54) is 12.8 Å². The molecular weight excluding hydrogens is 275 g/mol. The number of anilines is 1. The number of halogens is 2. The maximum absolute atomic E-state index is 6.07. The van der Waals surface area contributed by atoms with Gasteiger partial charge in [-0.1, -0.05) is 25.4 Å². The quantitative estimate of drug-likeness (QED) is 0.886. The number of hydrogen-bond acceptors (Lipinski definition) is 2. The predicted molar refractivity (Wildman–Crippen MR) is 67.4 cm³/mol. The molecular formula is C11H14BrClN2. The number of aromatic nitrogens is 1. The molecule has 1 N–H and O–H groups in total. The predicted octanol–water partition coefficient (Wildman–Crippen LogP) is 4.10. The first-order chi connectivity index (χ1) is 6.96. The second kappa shape index (κ2) is 3.95. The molecule has 1 aliphatic rings. The summed E-state index contributed by atoms with van der Waals surface area (Å²) in [5, 5.41) is 4.04. The Balaban J connectivity index is 2.00. The van der Waals surface area contributed by atoms with Gasteiger partial charge in [0, 0.05) is 16.7 Å². The third kappa shape index (κ3) is 2.64. The topological polar surface area (TPSA) is 24.9 Å². The third-order valence-electron chi connectivity index (χ3n) is 2.75. The minimum absolute atomic E-state index is 0.472. The average Bonchev–Trinajstić information content (AvgIpc) is 2.06. The minimum Gasteiger partial charge on any atom is -0.366 e. The molecule has 0 radical (unpaired) electrons. The Morgan fingerprint density at radius 3 is 2.73 bits per heavy atom. The van der Waals surface area contributed by atoms with E-state index in [2.05, 4.69) is 40.1 Å². The summed E-state index contributed by atoms with van der Waals surface area (Å²) in [7, 11) is 0. The zero-order chi connectivity index (χ0) is 11.1. The summed E-state index contributed by atoms with van der Waals surface area (Å²) in [4.78, 5) is 4.26. The number of hydrogen-bond donors (Lipinski definition) is 1. The summed E-state index contributed by atoms with van der Waals surface area (Å²) < 4.78 is 0.909. The van der Waals surface area contributed by atoms with Crippen molar-refractivity contribution in [3.63, 3.8) is 0 Å². The van der Waals surface area contributed by atoms with E-state index >= 15 is 0 Å². The third-order valence-corrected chi connectivity index (χ3v) is 3.47. The molecule has 4 heteroatoms. The number of pyridine rings is 1. The van der Waals surface area contributed by atoms with Crippen molar-refractivity contribution in [1.29, 1.82) is 0 Å². The van der Waals surface area contributed by atoms with Gasteiger partial charge in [0.1, 0.15) is 5.82 Å². The molecule has 0 bridgehead atoms. The van der Waals surface area contributed by atoms with Crippen LogP contribution in [0.1, 0.15) is 26.7 Å². The van der Waals surface area contributed by atoms with Gasteiger partial charge >= 0.3 is 0 Å². The van der Waals surface area contributed by atoms with Crippen LogP contribution in [0.5, 0.6) is 0 Å². The normalized spacial score (nSPS) is 19.7. The molecule has 0 amide bonds. The fourth-order valence-corrected chi connectivity index (χ4v) is 2.77. The lowest BCUT2D eigenvalue weighted by atomic mass is 9.68. The Morgan fingerprint density at radius 2 is 2.20 bits per heavy atom. The number of rotatable bonds is 2. The second-order valence-electron chi connectivity index (χ2n) is 4.90. The minimum atomic E-state index is 0.472. The Bertz CT molecular complexity index is 371. The van der Waals surface area contributed by atoms with E-state index in [9.17, 15) is 0 Å². The molecule has 2 rings (SSSR count). The molecule has 1 aliphatic carbocycles. The van der Waals surface area contributed by atoms with E-state index in [0.717, 1.165) is 10.3 Å². The Hall–Kier alpha value is -0.280. The molecule has 15 heavy (non-hydrogen) atoms. The summed E-state index contributed by atoms with van der Waals surface area (Å²) >= 11 is 9.41. The molecule has 0 aliphatic heterocycles. The summed E-state index contributed by atoms with van der Waals surface area (Å²) in [5.74, 6) is 0.792. The Kier molecular flexibility index (Phi) is 2.95. The molecule has 2 nitrogen and oxygen atoms in total. The molecule has 0 aromatic carbocycles. The van der Waals surface area contributed by atoms with Crippen LogP contribution in [0.15, 0.2) is 16.7 Å². The van der Waals surface area contributed by atoms with Crippen molar-refractivity contribution in [2.24, 2.45) is 5.41 Å². The molecule has 0 saturated heterocycles. The lowest BCUT2D eigenvalue weighted by molar-refractivity contribution is 0.167. The molecule has 1 fully saturated rings. The van der Waals surface area contributed by atoms with Gasteiger partial charge in [0.15, 0.2) is 0 Å². The molecule has 1 saturated carbocycles. The fourth-order valence-electron chi connectivity index (χ4n) is 2.09. The van der Waals surface area contributed by atoms with Crippen molar-refractivity contribution in [3.05, 3.63) is 21.8 Å². The number of nitrogens with one attached hydrogen (secondary N) is 1. The molecule has 0 unspecified atom stereocenters. The van der Waals surface area contributed by atoms with Crippen LogP contribution in [0.4, 0.5) is 5.82 Å². The maximum Gasteiger partial charge on any atom is 0.145 e. The van der Waals surface area contributed by atoms with Crippen LogP contribution >= 0.6 is 27.5 Å². The van der Waals surface area contributed by atoms with Crippen molar-refractivity contribution in [3.8, 4) is 0 Å². The molecule has 1 aromatic heterocycles. The highest BCUT2D eigenvalue weighted by Gasteiger charge is 2.36. The van der Waals surface area contributed by atoms with Crippen LogP contribution in [0, 0.1) is 5.41 Å². The van der Waals surface area contributed by atoms with E-state index in [0.29, 0.717) is 16.5 Å². The summed E-state index contributed by atoms with van der Waals surface area (Å²) in [6.07, 6.45) is 4.13. The van der Waals surface area contributed by atoms with Crippen LogP contribution in [-0.2, 0) is 0 Å². The van der Waals surface area contributed by atoms with Crippen molar-refractivity contribution in [2.45, 2.75) is 32.7 Å². The Morgan fingerprint density at radius 1 is 1.53 bits per heavy atom. The first-order valence-corrected chi connectivity index (χ1v) is 6.21. The number of nitrogens with zero attached hydrogens (tertiary/aromatic N) is 1. The molecule has 1 heterocycles. The monoisotopic (exact) mass is 288 g/mol. The first-order valence-electron chi connectivity index (χ1n) is 5.04. The molecule has 0 spiro atoms. The highest BCUT2D eigenvalue weighted by Crippen LogP contribution is 2.41. The molecule has 1 aromatic rings. The van der Waals surface area contributed by atoms with Crippen LogP contribution in [0.2, 0.25) is 5.02 Å². The van der Waals surface area contributed by atoms with E-state index in [-0.39, 0.29) is 0 Å². The van der Waals surface area contributed by atoms with Crippen LogP contribution in [0.25, 0.3) is 0 Å². The van der Waals surface area contributed by atoms with Gasteiger partial charge in [-0.3, -0.25) is 0 Å². The van der Waals surface area contributed by atoms with Gasteiger partial charge in [-0.2, -0.15) is 0 Å². The summed E-state index contributed by atoms with van der Waals surface area (Å²) in [6, 6.07) is 2.38. The molecule has 82 valence electrons. The second-order valence-corrected chi connectivity index (χ2v) is 6.22. The van der Waals surface area contributed by atoms with Gasteiger partial charge in [0.05, 0.1) is 5.02 Å². The SMILES string of the molecule is CC1(C)CC(Nc2ncc(Br)cc2Cl)C1. The maximum atomic E-state index is 6.07. The van der Waals surface area contributed by atoms with Gasteiger partial charge in [-0.15, -0.1) is 0 Å². The molecule has 0 atom stereocenters. The van der Waals surface area contributed by atoms with Crippen molar-refractivity contribution >= 4 is 33.3 Å². The van der Waals surface area contributed by atoms with Gasteiger partial charge in [0.2, 0.25) is 0 Å². The van der Waals surface area contributed by atoms with Gasteiger partial charge in [-0.25, -0.2) is 4.98 Å². The van der Waals surface area contributed by atoms with Crippen molar-refractivity contribution in [2.75, 3.05) is 5.32 Å². The van der Waals surface area contributed by atoms with Crippen LogP contribution in [0.3, 0.4) is 0 Å². The lowest BCUT2D eigenvalue weighted by Crippen LogP contribution is -2.41. The largest absolute Gasteiger partial charge is 0.366 e. The van der Waals surface area contributed by atoms with Gasteiger partial charge in [0.25, 0.3) is 0 Å². The zero-order valence-corrected chi connectivity index (χ0v) is 11.2. The van der Waals surface area contributed by atoms with Crippen LogP contribution < -0.4 is 5.32 Å². The fraction of sp³-hybridized carbons (Fsp3) is 0.545. The van der Waals surface area contributed by atoms with Crippen molar-refractivity contribution in [1.82, 2.24) is 4.98 Å². The van der Waals surface area contributed by atoms with E-state index in [4.69, 9.17) is 11.6 Å². The van der Waals surface area contributed by atoms with E-state index < -0.39 is 0 Å². The van der Waals surface area contributed by atoms with Crippen LogP contribution in [-0.4, -0.2) is 11.0 Å². The van der Waals surface area contributed by atoms with Gasteiger partial charge in [-0.05, 0) is 40.3 Å². The summed E-state index contributed by atoms with van der Waals surface area (Å²) in [6.45, 7) is 4.56. The Labute approximate surface area is 104 Å². The summed E-state index contributed by atoms with van der Waals surface area (Å²) in [5.41, 5.74) is 0.472. The van der Waals surface area contributed by atoms with E-state index in [1.54, 1.807) is 6.20 Å². The standard InChI is InChI=1S/C11H14BrClN2/c1-11(2)4-8(5-11)15-10-9(13)3-7(12)6-14-10/h3,6,8H,4-5H2,1-2H3,(H,14,15). The van der Waals surface area contributed by atoms with Gasteiger partial charge < -0.3 is 5.32 Å². The lowest BCUT2D eigenvalue weighted by Gasteiger charge is -2.43. The average molecular weight is 290 g/mol. The zero-order valence-electron chi connectivity index (χ0n) is 8.85. The first kappa shape index (κ1) is 11.2. The van der Waals surface area contributed by atoms with E-state index in [1.807, 2.05) is 6.07 Å². The highest BCUT2D eigenvalue weighted by atomic mass is 79.9.